The standard InChI is InChI=1S/C32H34ClN3O3/c1-21(20-39-28-10-16-35-29-26(28)9-15-34-29)17-23-18-22-5-2-3-8-27(22)31(23)11-13-32(14-12-31,30(37)38)36-25-7-4-6-24(33)19-25/h2-10,15-16,19,21,23,36H,11-14,17-18,20H2,1H3,(H,34,35)(H,37,38)/t21-,23+,31?,32?/m1/s1. The number of carbonyl (C=O) groups is 1. The molecule has 0 radical (unpaired) electrons. The smallest absolute Gasteiger partial charge is 0.329 e. The van der Waals surface area contributed by atoms with E-state index in [-0.39, 0.29) is 5.41 Å². The Morgan fingerprint density at radius 1 is 1.15 bits per heavy atom. The maximum Gasteiger partial charge on any atom is 0.329 e. The highest BCUT2D eigenvalue weighted by molar-refractivity contribution is 6.30. The van der Waals surface area contributed by atoms with E-state index in [1.807, 2.05) is 30.5 Å². The molecule has 2 heterocycles. The van der Waals surface area contributed by atoms with Crippen molar-refractivity contribution >= 4 is 34.3 Å². The van der Waals surface area contributed by atoms with Crippen molar-refractivity contribution in [3.8, 4) is 5.75 Å². The molecule has 6 rings (SSSR count). The predicted octanol–water partition coefficient (Wildman–Crippen LogP) is 7.24. The van der Waals surface area contributed by atoms with Crippen molar-refractivity contribution in [2.75, 3.05) is 11.9 Å². The van der Waals surface area contributed by atoms with E-state index >= 15 is 0 Å². The molecule has 0 aliphatic heterocycles. The fourth-order valence-corrected chi connectivity index (χ4v) is 7.25. The number of hydrogen-bond acceptors (Lipinski definition) is 4. The summed E-state index contributed by atoms with van der Waals surface area (Å²) in [4.78, 5) is 20.1. The molecular weight excluding hydrogens is 510 g/mol. The number of halogens is 1. The highest BCUT2D eigenvalue weighted by atomic mass is 35.5. The molecule has 39 heavy (non-hydrogen) atoms. The second kappa shape index (κ2) is 10.2. The quantitative estimate of drug-likeness (QED) is 0.218. The topological polar surface area (TPSA) is 87.2 Å². The minimum Gasteiger partial charge on any atom is -0.492 e. The van der Waals surface area contributed by atoms with Crippen LogP contribution >= 0.6 is 11.6 Å². The molecule has 3 N–H and O–H groups in total. The van der Waals surface area contributed by atoms with Gasteiger partial charge in [-0.2, -0.15) is 0 Å². The lowest BCUT2D eigenvalue weighted by Gasteiger charge is -2.47. The van der Waals surface area contributed by atoms with Gasteiger partial charge in [-0.1, -0.05) is 48.9 Å². The first-order chi connectivity index (χ1) is 18.9. The first kappa shape index (κ1) is 25.8. The van der Waals surface area contributed by atoms with Crippen molar-refractivity contribution < 1.29 is 14.6 Å². The van der Waals surface area contributed by atoms with Gasteiger partial charge < -0.3 is 20.1 Å². The van der Waals surface area contributed by atoms with Crippen LogP contribution < -0.4 is 10.1 Å². The summed E-state index contributed by atoms with van der Waals surface area (Å²) in [6.07, 6.45) is 8.50. The van der Waals surface area contributed by atoms with Gasteiger partial charge in [0, 0.05) is 23.1 Å². The third-order valence-corrected chi connectivity index (χ3v) is 9.28. The highest BCUT2D eigenvalue weighted by Crippen LogP contribution is 2.56. The zero-order valence-corrected chi connectivity index (χ0v) is 22.9. The van der Waals surface area contributed by atoms with Gasteiger partial charge in [0.05, 0.1) is 12.0 Å². The van der Waals surface area contributed by atoms with Crippen LogP contribution in [-0.4, -0.2) is 33.2 Å². The molecule has 202 valence electrons. The average molecular weight is 544 g/mol. The molecule has 7 heteroatoms. The van der Waals surface area contributed by atoms with Crippen molar-refractivity contribution in [3.05, 3.63) is 89.2 Å². The summed E-state index contributed by atoms with van der Waals surface area (Å²) < 4.78 is 6.28. The molecule has 2 aromatic heterocycles. The Bertz CT molecular complexity index is 1490. The Hall–Kier alpha value is -3.51. The number of benzene rings is 2. The maximum atomic E-state index is 12.6. The molecule has 1 saturated carbocycles. The van der Waals surface area contributed by atoms with Gasteiger partial charge in [-0.15, -0.1) is 0 Å². The van der Waals surface area contributed by atoms with E-state index in [0.29, 0.717) is 36.3 Å². The molecule has 0 amide bonds. The van der Waals surface area contributed by atoms with Gasteiger partial charge in [-0.3, -0.25) is 0 Å². The normalized spacial score (nSPS) is 24.9. The molecule has 0 saturated heterocycles. The zero-order valence-electron chi connectivity index (χ0n) is 22.1. The Balaban J connectivity index is 1.20. The number of hydrogen-bond donors (Lipinski definition) is 3. The fraction of sp³-hybridized carbons (Fsp3) is 0.375. The number of aliphatic carboxylic acids is 1. The Morgan fingerprint density at radius 3 is 2.77 bits per heavy atom. The minimum absolute atomic E-state index is 0.0234. The van der Waals surface area contributed by atoms with Crippen molar-refractivity contribution in [2.24, 2.45) is 11.8 Å². The second-order valence-corrected chi connectivity index (χ2v) is 11.9. The van der Waals surface area contributed by atoms with Gasteiger partial charge in [0.2, 0.25) is 0 Å². The van der Waals surface area contributed by atoms with Gasteiger partial charge in [0.15, 0.2) is 0 Å². The number of fused-ring (bicyclic) bond motifs is 3. The first-order valence-corrected chi connectivity index (χ1v) is 14.2. The maximum absolute atomic E-state index is 12.6. The third kappa shape index (κ3) is 4.76. The first-order valence-electron chi connectivity index (χ1n) is 13.8. The van der Waals surface area contributed by atoms with E-state index in [0.717, 1.165) is 48.2 Å². The molecule has 2 aromatic carbocycles. The lowest BCUT2D eigenvalue weighted by Crippen LogP contribution is -2.53. The lowest BCUT2D eigenvalue weighted by molar-refractivity contribution is -0.144. The zero-order chi connectivity index (χ0) is 27.0. The van der Waals surface area contributed by atoms with Crippen LogP contribution in [0, 0.1) is 11.8 Å². The van der Waals surface area contributed by atoms with E-state index < -0.39 is 11.5 Å². The molecule has 0 unspecified atom stereocenters. The lowest BCUT2D eigenvalue weighted by atomic mass is 9.59. The number of nitrogens with one attached hydrogen (secondary N) is 2. The second-order valence-electron chi connectivity index (χ2n) is 11.4. The number of rotatable bonds is 8. The molecule has 2 atom stereocenters. The number of carboxylic acid groups (broad SMARTS) is 1. The summed E-state index contributed by atoms with van der Waals surface area (Å²) in [5.41, 5.74) is 3.38. The number of aromatic nitrogens is 2. The molecule has 2 aliphatic rings. The van der Waals surface area contributed by atoms with Gasteiger partial charge in [-0.05, 0) is 97.2 Å². The van der Waals surface area contributed by atoms with Crippen LogP contribution in [0.3, 0.4) is 0 Å². The van der Waals surface area contributed by atoms with E-state index in [1.165, 1.54) is 11.1 Å². The molecular formula is C32H34ClN3O3. The number of nitrogens with zero attached hydrogens (tertiary/aromatic N) is 1. The number of carboxylic acids is 1. The molecule has 2 aliphatic carbocycles. The highest BCUT2D eigenvalue weighted by Gasteiger charge is 2.54. The summed E-state index contributed by atoms with van der Waals surface area (Å²) in [5.74, 6) is 0.846. The van der Waals surface area contributed by atoms with E-state index in [9.17, 15) is 9.90 Å². The molecule has 6 nitrogen and oxygen atoms in total. The number of ether oxygens (including phenoxy) is 1. The summed E-state index contributed by atoms with van der Waals surface area (Å²) in [7, 11) is 0. The van der Waals surface area contributed by atoms with Crippen molar-refractivity contribution in [3.63, 3.8) is 0 Å². The SMILES string of the molecule is C[C@@H](COc1ccnc2[nH]ccc12)C[C@H]1Cc2ccccc2C12CCC(Nc1cccc(Cl)c1)(C(=O)O)CC2. The predicted molar refractivity (Wildman–Crippen MR) is 155 cm³/mol. The van der Waals surface area contributed by atoms with Crippen molar-refractivity contribution in [1.82, 2.24) is 9.97 Å². The van der Waals surface area contributed by atoms with E-state index in [1.54, 1.807) is 18.3 Å². The average Bonchev–Trinajstić information content (AvgIpc) is 3.52. The Kier molecular flexibility index (Phi) is 6.76. The Morgan fingerprint density at radius 2 is 1.97 bits per heavy atom. The van der Waals surface area contributed by atoms with Crippen LogP contribution in [-0.2, 0) is 16.6 Å². The number of pyridine rings is 1. The summed E-state index contributed by atoms with van der Waals surface area (Å²) in [6, 6.07) is 20.0. The van der Waals surface area contributed by atoms with Crippen LogP contribution in [0.4, 0.5) is 5.69 Å². The number of anilines is 1. The Labute approximate surface area is 233 Å². The summed E-state index contributed by atoms with van der Waals surface area (Å²) in [6.45, 7) is 2.89. The van der Waals surface area contributed by atoms with E-state index in [2.05, 4.69) is 46.5 Å². The fourth-order valence-electron chi connectivity index (χ4n) is 7.06. The van der Waals surface area contributed by atoms with Crippen LogP contribution in [0.5, 0.6) is 5.75 Å². The number of H-pyrrole nitrogens is 1. The van der Waals surface area contributed by atoms with Crippen molar-refractivity contribution in [2.45, 2.75) is 56.4 Å². The molecule has 1 fully saturated rings. The molecule has 1 spiro atoms. The number of aromatic amines is 1. The van der Waals surface area contributed by atoms with Gasteiger partial charge in [0.1, 0.15) is 16.9 Å². The van der Waals surface area contributed by atoms with Gasteiger partial charge in [-0.25, -0.2) is 9.78 Å². The molecule has 0 bridgehead atoms. The van der Waals surface area contributed by atoms with Gasteiger partial charge >= 0.3 is 5.97 Å². The van der Waals surface area contributed by atoms with Crippen LogP contribution in [0.25, 0.3) is 11.0 Å². The van der Waals surface area contributed by atoms with Crippen LogP contribution in [0.1, 0.15) is 50.2 Å². The summed E-state index contributed by atoms with van der Waals surface area (Å²) >= 11 is 6.20. The van der Waals surface area contributed by atoms with Crippen LogP contribution in [0.2, 0.25) is 5.02 Å². The van der Waals surface area contributed by atoms with Crippen molar-refractivity contribution in [1.29, 1.82) is 0 Å². The largest absolute Gasteiger partial charge is 0.492 e. The van der Waals surface area contributed by atoms with E-state index in [4.69, 9.17) is 16.3 Å². The van der Waals surface area contributed by atoms with Gasteiger partial charge in [0.25, 0.3) is 0 Å². The summed E-state index contributed by atoms with van der Waals surface area (Å²) in [5, 5.41) is 15.3. The third-order valence-electron chi connectivity index (χ3n) is 9.05. The van der Waals surface area contributed by atoms with Crippen LogP contribution in [0.15, 0.2) is 73.1 Å². The monoisotopic (exact) mass is 543 g/mol. The minimum atomic E-state index is -1.00. The molecule has 4 aromatic rings.